The first-order chi connectivity index (χ1) is 15.4. The number of hydrogen-bond donors (Lipinski definition) is 1. The quantitative estimate of drug-likeness (QED) is 0.416. The molecule has 5 nitrogen and oxygen atoms in total. The van der Waals surface area contributed by atoms with Crippen LogP contribution in [-0.4, -0.2) is 33.2 Å². The Kier molecular flexibility index (Phi) is 8.55. The van der Waals surface area contributed by atoms with E-state index in [1.165, 1.54) is 42.1 Å². The highest BCUT2D eigenvalue weighted by Crippen LogP contribution is 2.24. The average Bonchev–Trinajstić information content (AvgIpc) is 2.79. The molecule has 168 valence electrons. The van der Waals surface area contributed by atoms with E-state index < -0.39 is 15.9 Å². The van der Waals surface area contributed by atoms with Crippen molar-refractivity contribution < 1.29 is 17.6 Å². The van der Waals surface area contributed by atoms with Crippen LogP contribution < -0.4 is 9.62 Å². The third kappa shape index (κ3) is 6.48. The van der Waals surface area contributed by atoms with Crippen molar-refractivity contribution in [2.24, 2.45) is 0 Å². The van der Waals surface area contributed by atoms with E-state index in [1.54, 1.807) is 48.5 Å². The zero-order valence-corrected chi connectivity index (χ0v) is 19.5. The van der Waals surface area contributed by atoms with E-state index in [1.807, 2.05) is 0 Å². The lowest BCUT2D eigenvalue weighted by atomic mass is 10.2. The summed E-state index contributed by atoms with van der Waals surface area (Å²) in [5.41, 5.74) is 0.986. The number of anilines is 1. The van der Waals surface area contributed by atoms with Crippen LogP contribution in [0.5, 0.6) is 0 Å². The van der Waals surface area contributed by atoms with Gasteiger partial charge in [-0.2, -0.15) is 11.8 Å². The Labute approximate surface area is 196 Å². The Bertz CT molecular complexity index is 1140. The Morgan fingerprint density at radius 1 is 0.969 bits per heavy atom. The van der Waals surface area contributed by atoms with Crippen LogP contribution >= 0.6 is 23.4 Å². The van der Waals surface area contributed by atoms with Crippen LogP contribution in [0, 0.1) is 5.82 Å². The van der Waals surface area contributed by atoms with E-state index >= 15 is 0 Å². The van der Waals surface area contributed by atoms with Gasteiger partial charge >= 0.3 is 0 Å². The fourth-order valence-corrected chi connectivity index (χ4v) is 5.28. The summed E-state index contributed by atoms with van der Waals surface area (Å²) in [6.07, 6.45) is 0. The molecule has 0 spiro atoms. The molecule has 9 heteroatoms. The van der Waals surface area contributed by atoms with Crippen LogP contribution in [0.4, 0.5) is 10.1 Å². The van der Waals surface area contributed by atoms with Crippen molar-refractivity contribution in [3.05, 3.63) is 95.3 Å². The van der Waals surface area contributed by atoms with E-state index in [4.69, 9.17) is 11.6 Å². The topological polar surface area (TPSA) is 66.5 Å². The van der Waals surface area contributed by atoms with Gasteiger partial charge in [0.25, 0.3) is 10.0 Å². The molecule has 0 saturated carbocycles. The summed E-state index contributed by atoms with van der Waals surface area (Å²) in [4.78, 5) is 12.6. The zero-order chi connectivity index (χ0) is 23.0. The number of carbonyl (C=O) groups excluding carboxylic acids is 1. The molecule has 1 N–H and O–H groups in total. The van der Waals surface area contributed by atoms with Crippen LogP contribution in [0.15, 0.2) is 83.8 Å². The predicted octanol–water partition coefficient (Wildman–Crippen LogP) is 4.72. The summed E-state index contributed by atoms with van der Waals surface area (Å²) < 4.78 is 41.1. The highest BCUT2D eigenvalue weighted by molar-refractivity contribution is 7.98. The number of rotatable bonds is 10. The van der Waals surface area contributed by atoms with E-state index in [0.29, 0.717) is 34.3 Å². The van der Waals surface area contributed by atoms with Crippen molar-refractivity contribution in [2.75, 3.05) is 23.1 Å². The van der Waals surface area contributed by atoms with Gasteiger partial charge in [-0.05, 0) is 48.0 Å². The van der Waals surface area contributed by atoms with Crippen LogP contribution in [0.25, 0.3) is 0 Å². The van der Waals surface area contributed by atoms with Gasteiger partial charge in [0.15, 0.2) is 0 Å². The number of nitrogens with one attached hydrogen (secondary N) is 1. The highest BCUT2D eigenvalue weighted by atomic mass is 35.5. The largest absolute Gasteiger partial charge is 0.354 e. The minimum Gasteiger partial charge on any atom is -0.354 e. The average molecular weight is 493 g/mol. The molecule has 0 atom stereocenters. The van der Waals surface area contributed by atoms with Crippen molar-refractivity contribution in [1.82, 2.24) is 5.32 Å². The van der Waals surface area contributed by atoms with E-state index in [2.05, 4.69) is 5.32 Å². The second-order valence-electron chi connectivity index (χ2n) is 6.80. The minimum atomic E-state index is -3.98. The SMILES string of the molecule is O=C(CN(c1ccccc1)S(=O)(=O)c1ccc(Cl)cc1)NCCSCc1ccccc1F. The number of amides is 1. The number of halogens is 2. The molecule has 3 aromatic carbocycles. The molecule has 0 aromatic heterocycles. The van der Waals surface area contributed by atoms with Crippen LogP contribution in [0.2, 0.25) is 5.02 Å². The number of para-hydroxylation sites is 1. The lowest BCUT2D eigenvalue weighted by Gasteiger charge is -2.24. The Morgan fingerprint density at radius 3 is 2.31 bits per heavy atom. The van der Waals surface area contributed by atoms with E-state index in [9.17, 15) is 17.6 Å². The first-order valence-corrected chi connectivity index (χ1v) is 12.8. The van der Waals surface area contributed by atoms with Gasteiger partial charge in [0.2, 0.25) is 5.91 Å². The maximum absolute atomic E-state index is 13.7. The molecule has 3 aromatic rings. The molecule has 0 heterocycles. The van der Waals surface area contributed by atoms with Crippen LogP contribution in [0.3, 0.4) is 0 Å². The smallest absolute Gasteiger partial charge is 0.264 e. The second kappa shape index (κ2) is 11.4. The number of nitrogens with zero attached hydrogens (tertiary/aromatic N) is 1. The molecule has 1 amide bonds. The number of thioether (sulfide) groups is 1. The molecule has 0 radical (unpaired) electrons. The molecule has 0 unspecified atom stereocenters. The first kappa shape index (κ1) is 24.1. The van der Waals surface area contributed by atoms with Gasteiger partial charge in [-0.15, -0.1) is 0 Å². The molecule has 0 bridgehead atoms. The predicted molar refractivity (Wildman–Crippen MR) is 128 cm³/mol. The van der Waals surface area contributed by atoms with Gasteiger partial charge in [0, 0.05) is 23.1 Å². The number of sulfonamides is 1. The molecule has 32 heavy (non-hydrogen) atoms. The summed E-state index contributed by atoms with van der Waals surface area (Å²) in [5.74, 6) is 0.367. The van der Waals surface area contributed by atoms with Crippen molar-refractivity contribution >= 4 is 45.0 Å². The van der Waals surface area contributed by atoms with E-state index in [0.717, 1.165) is 4.31 Å². The lowest BCUT2D eigenvalue weighted by molar-refractivity contribution is -0.119. The molecule has 0 aliphatic carbocycles. The van der Waals surface area contributed by atoms with Gasteiger partial charge in [-0.1, -0.05) is 48.0 Å². The molecule has 0 fully saturated rings. The van der Waals surface area contributed by atoms with Gasteiger partial charge in [0.05, 0.1) is 10.6 Å². The normalized spacial score (nSPS) is 11.2. The molecular weight excluding hydrogens is 471 g/mol. The first-order valence-electron chi connectivity index (χ1n) is 9.79. The van der Waals surface area contributed by atoms with Gasteiger partial charge in [-0.3, -0.25) is 9.10 Å². The summed E-state index contributed by atoms with van der Waals surface area (Å²) in [7, 11) is -3.98. The van der Waals surface area contributed by atoms with Gasteiger partial charge < -0.3 is 5.32 Å². The van der Waals surface area contributed by atoms with Crippen molar-refractivity contribution in [1.29, 1.82) is 0 Å². The Hall–Kier alpha value is -2.55. The zero-order valence-electron chi connectivity index (χ0n) is 17.1. The van der Waals surface area contributed by atoms with Crippen molar-refractivity contribution in [3.8, 4) is 0 Å². The third-order valence-electron chi connectivity index (χ3n) is 4.52. The fourth-order valence-electron chi connectivity index (χ4n) is 2.89. The molecular formula is C23H22ClFN2O3S2. The highest BCUT2D eigenvalue weighted by Gasteiger charge is 2.27. The maximum Gasteiger partial charge on any atom is 0.264 e. The molecule has 0 aliphatic rings. The Balaban J connectivity index is 1.62. The summed E-state index contributed by atoms with van der Waals surface area (Å²) >= 11 is 7.36. The third-order valence-corrected chi connectivity index (χ3v) is 7.56. The minimum absolute atomic E-state index is 0.0407. The maximum atomic E-state index is 13.7. The molecule has 0 aliphatic heterocycles. The van der Waals surface area contributed by atoms with E-state index in [-0.39, 0.29) is 17.3 Å². The van der Waals surface area contributed by atoms with Crippen molar-refractivity contribution in [2.45, 2.75) is 10.6 Å². The number of benzene rings is 3. The summed E-state index contributed by atoms with van der Waals surface area (Å²) in [6.45, 7) is -0.0332. The molecule has 3 rings (SSSR count). The summed E-state index contributed by atoms with van der Waals surface area (Å²) in [5, 5.41) is 3.15. The van der Waals surface area contributed by atoms with Crippen LogP contribution in [-0.2, 0) is 20.6 Å². The number of carbonyl (C=O) groups is 1. The van der Waals surface area contributed by atoms with Gasteiger partial charge in [-0.25, -0.2) is 12.8 Å². The monoisotopic (exact) mass is 492 g/mol. The standard InChI is InChI=1S/C23H22ClFN2O3S2/c24-19-10-12-21(13-11-19)32(29,30)27(20-7-2-1-3-8-20)16-23(28)26-14-15-31-17-18-6-4-5-9-22(18)25/h1-13H,14-17H2,(H,26,28). The van der Waals surface area contributed by atoms with Gasteiger partial charge in [0.1, 0.15) is 12.4 Å². The fraction of sp³-hybridized carbons (Fsp3) is 0.174. The van der Waals surface area contributed by atoms with Crippen molar-refractivity contribution in [3.63, 3.8) is 0 Å². The lowest BCUT2D eigenvalue weighted by Crippen LogP contribution is -2.41. The van der Waals surface area contributed by atoms with Crippen LogP contribution in [0.1, 0.15) is 5.56 Å². The Morgan fingerprint density at radius 2 is 1.62 bits per heavy atom. The summed E-state index contributed by atoms with van der Waals surface area (Å²) in [6, 6.07) is 20.8. The number of hydrogen-bond acceptors (Lipinski definition) is 4. The second-order valence-corrected chi connectivity index (χ2v) is 10.2. The molecule has 0 saturated heterocycles.